The molecule has 0 aliphatic carbocycles. The number of benzene rings is 1. The lowest BCUT2D eigenvalue weighted by Crippen LogP contribution is -2.19. The Balaban J connectivity index is 1.64. The van der Waals surface area contributed by atoms with Crippen LogP contribution in [0.1, 0.15) is 10.6 Å². The van der Waals surface area contributed by atoms with Crippen molar-refractivity contribution >= 4 is 22.4 Å². The molecule has 0 saturated heterocycles. The first-order valence-corrected chi connectivity index (χ1v) is 8.51. The molecule has 0 amide bonds. The van der Waals surface area contributed by atoms with E-state index in [9.17, 15) is 4.79 Å². The average Bonchev–Trinajstić information content (AvgIpc) is 3.17. The number of aryl methyl sites for hydroxylation is 2. The van der Waals surface area contributed by atoms with Crippen LogP contribution >= 0.6 is 11.3 Å². The van der Waals surface area contributed by atoms with Crippen LogP contribution in [0.3, 0.4) is 0 Å². The maximum absolute atomic E-state index is 12.0. The lowest BCUT2D eigenvalue weighted by molar-refractivity contribution is 0.752. The van der Waals surface area contributed by atoms with E-state index in [2.05, 4.69) is 22.1 Å². The predicted molar refractivity (Wildman–Crippen MR) is 96.4 cm³/mol. The standard InChI is InChI=1S/C18H16N4OS/c1-12-5-6-22(18(23)7-12)9-17-20-15(10-24-17)13-3-4-16-14(8-13)19-11-21(16)2/h3-8,10-11H,9H2,1-2H3. The zero-order valence-electron chi connectivity index (χ0n) is 13.4. The molecule has 0 aliphatic rings. The Morgan fingerprint density at radius 1 is 1.21 bits per heavy atom. The number of fused-ring (bicyclic) bond motifs is 1. The largest absolute Gasteiger partial charge is 0.334 e. The molecule has 3 aromatic heterocycles. The van der Waals surface area contributed by atoms with Crippen LogP contribution in [0.4, 0.5) is 0 Å². The molecular formula is C18H16N4OS. The third-order valence-corrected chi connectivity index (χ3v) is 4.86. The second-order valence-electron chi connectivity index (χ2n) is 5.86. The van der Waals surface area contributed by atoms with Gasteiger partial charge in [0.1, 0.15) is 5.01 Å². The van der Waals surface area contributed by atoms with Gasteiger partial charge in [-0.2, -0.15) is 0 Å². The molecular weight excluding hydrogens is 320 g/mol. The first-order chi connectivity index (χ1) is 11.6. The molecule has 4 aromatic rings. The van der Waals surface area contributed by atoms with Crippen molar-refractivity contribution in [2.24, 2.45) is 7.05 Å². The number of pyridine rings is 1. The molecule has 6 heteroatoms. The van der Waals surface area contributed by atoms with Crippen LogP contribution in [0.5, 0.6) is 0 Å². The van der Waals surface area contributed by atoms with Crippen molar-refractivity contribution in [3.63, 3.8) is 0 Å². The molecule has 0 unspecified atom stereocenters. The highest BCUT2D eigenvalue weighted by Gasteiger charge is 2.08. The van der Waals surface area contributed by atoms with Crippen molar-refractivity contribution in [1.82, 2.24) is 19.1 Å². The van der Waals surface area contributed by atoms with Crippen molar-refractivity contribution in [2.75, 3.05) is 0 Å². The summed E-state index contributed by atoms with van der Waals surface area (Å²) in [6, 6.07) is 9.74. The van der Waals surface area contributed by atoms with Crippen molar-refractivity contribution in [2.45, 2.75) is 13.5 Å². The molecule has 5 nitrogen and oxygen atoms in total. The number of imidazole rings is 1. The number of aromatic nitrogens is 4. The van der Waals surface area contributed by atoms with Crippen molar-refractivity contribution < 1.29 is 0 Å². The Morgan fingerprint density at radius 3 is 2.92 bits per heavy atom. The summed E-state index contributed by atoms with van der Waals surface area (Å²) in [7, 11) is 1.98. The Morgan fingerprint density at radius 2 is 2.08 bits per heavy atom. The lowest BCUT2D eigenvalue weighted by atomic mass is 10.1. The maximum atomic E-state index is 12.0. The number of rotatable bonds is 3. The number of nitrogens with zero attached hydrogens (tertiary/aromatic N) is 4. The highest BCUT2D eigenvalue weighted by Crippen LogP contribution is 2.25. The smallest absolute Gasteiger partial charge is 0.251 e. The first kappa shape index (κ1) is 14.8. The van der Waals surface area contributed by atoms with Crippen LogP contribution in [-0.4, -0.2) is 19.1 Å². The van der Waals surface area contributed by atoms with E-state index in [-0.39, 0.29) is 5.56 Å². The molecule has 24 heavy (non-hydrogen) atoms. The van der Waals surface area contributed by atoms with Gasteiger partial charge in [0.25, 0.3) is 5.56 Å². The molecule has 0 radical (unpaired) electrons. The fourth-order valence-electron chi connectivity index (χ4n) is 2.69. The van der Waals surface area contributed by atoms with Crippen molar-refractivity contribution in [1.29, 1.82) is 0 Å². The quantitative estimate of drug-likeness (QED) is 0.577. The summed E-state index contributed by atoms with van der Waals surface area (Å²) in [5, 5.41) is 2.94. The number of hydrogen-bond acceptors (Lipinski definition) is 4. The van der Waals surface area contributed by atoms with Crippen LogP contribution in [0.15, 0.2) is 53.0 Å². The van der Waals surface area contributed by atoms with Crippen molar-refractivity contribution in [3.05, 3.63) is 69.2 Å². The minimum absolute atomic E-state index is 0.00153. The normalized spacial score (nSPS) is 11.2. The summed E-state index contributed by atoms with van der Waals surface area (Å²) in [5.74, 6) is 0. The van der Waals surface area contributed by atoms with Gasteiger partial charge in [0.15, 0.2) is 0 Å². The van der Waals surface area contributed by atoms with E-state index in [1.807, 2.05) is 48.6 Å². The fourth-order valence-corrected chi connectivity index (χ4v) is 3.50. The van der Waals surface area contributed by atoms with Gasteiger partial charge in [0, 0.05) is 30.3 Å². The fraction of sp³-hybridized carbons (Fsp3) is 0.167. The van der Waals surface area contributed by atoms with Gasteiger partial charge in [-0.15, -0.1) is 11.3 Å². The summed E-state index contributed by atoms with van der Waals surface area (Å²) in [4.78, 5) is 21.1. The molecule has 1 aromatic carbocycles. The molecule has 120 valence electrons. The lowest BCUT2D eigenvalue weighted by Gasteiger charge is -2.03. The molecule has 0 spiro atoms. The predicted octanol–water partition coefficient (Wildman–Crippen LogP) is 3.22. The van der Waals surface area contributed by atoms with Crippen LogP contribution < -0.4 is 5.56 Å². The third kappa shape index (κ3) is 2.65. The molecule has 4 rings (SSSR count). The van der Waals surface area contributed by atoms with E-state index < -0.39 is 0 Å². The van der Waals surface area contributed by atoms with Gasteiger partial charge in [-0.25, -0.2) is 9.97 Å². The molecule has 0 bridgehead atoms. The van der Waals surface area contributed by atoms with E-state index in [4.69, 9.17) is 0 Å². The Hall–Kier alpha value is -2.73. The van der Waals surface area contributed by atoms with E-state index in [0.717, 1.165) is 32.9 Å². The van der Waals surface area contributed by atoms with Gasteiger partial charge in [-0.3, -0.25) is 4.79 Å². The van der Waals surface area contributed by atoms with Gasteiger partial charge >= 0.3 is 0 Å². The van der Waals surface area contributed by atoms with Crippen LogP contribution in [0.2, 0.25) is 0 Å². The highest BCUT2D eigenvalue weighted by atomic mass is 32.1. The summed E-state index contributed by atoms with van der Waals surface area (Å²) >= 11 is 1.57. The third-order valence-electron chi connectivity index (χ3n) is 4.03. The zero-order chi connectivity index (χ0) is 16.7. The minimum atomic E-state index is 0.00153. The van der Waals surface area contributed by atoms with Gasteiger partial charge in [-0.05, 0) is 30.7 Å². The van der Waals surface area contributed by atoms with E-state index >= 15 is 0 Å². The number of hydrogen-bond donors (Lipinski definition) is 0. The topological polar surface area (TPSA) is 52.7 Å². The van der Waals surface area contributed by atoms with Crippen molar-refractivity contribution in [3.8, 4) is 11.3 Å². The van der Waals surface area contributed by atoms with E-state index in [1.165, 1.54) is 0 Å². The molecule has 0 saturated carbocycles. The first-order valence-electron chi connectivity index (χ1n) is 7.63. The molecule has 0 N–H and O–H groups in total. The van der Waals surface area contributed by atoms with Crippen LogP contribution in [0.25, 0.3) is 22.3 Å². The molecule has 3 heterocycles. The Kier molecular flexibility index (Phi) is 3.54. The van der Waals surface area contributed by atoms with E-state index in [1.54, 1.807) is 22.0 Å². The summed E-state index contributed by atoms with van der Waals surface area (Å²) in [5.41, 5.74) is 4.99. The monoisotopic (exact) mass is 336 g/mol. The van der Waals surface area contributed by atoms with Gasteiger partial charge < -0.3 is 9.13 Å². The second-order valence-corrected chi connectivity index (χ2v) is 6.80. The SMILES string of the molecule is Cc1ccn(Cc2nc(-c3ccc4c(c3)ncn4C)cs2)c(=O)c1. The van der Waals surface area contributed by atoms with Crippen LogP contribution in [-0.2, 0) is 13.6 Å². The van der Waals surface area contributed by atoms with Gasteiger partial charge in [0.05, 0.1) is 29.6 Å². The zero-order valence-corrected chi connectivity index (χ0v) is 14.2. The average molecular weight is 336 g/mol. The van der Waals surface area contributed by atoms with E-state index in [0.29, 0.717) is 6.54 Å². The second kappa shape index (κ2) is 5.72. The Labute approximate surface area is 142 Å². The summed E-state index contributed by atoms with van der Waals surface area (Å²) in [6.07, 6.45) is 3.63. The van der Waals surface area contributed by atoms with Gasteiger partial charge in [0.2, 0.25) is 0 Å². The van der Waals surface area contributed by atoms with Gasteiger partial charge in [-0.1, -0.05) is 6.07 Å². The number of thiazole rings is 1. The molecule has 0 fully saturated rings. The highest BCUT2D eigenvalue weighted by molar-refractivity contribution is 7.09. The Bertz CT molecular complexity index is 1090. The minimum Gasteiger partial charge on any atom is -0.334 e. The summed E-state index contributed by atoms with van der Waals surface area (Å²) in [6.45, 7) is 2.41. The maximum Gasteiger partial charge on any atom is 0.251 e. The molecule has 0 atom stereocenters. The summed E-state index contributed by atoms with van der Waals surface area (Å²) < 4.78 is 3.67. The van der Waals surface area contributed by atoms with Crippen LogP contribution in [0, 0.1) is 6.92 Å². The molecule has 0 aliphatic heterocycles.